The molecule has 2 amide bonds. The van der Waals surface area contributed by atoms with E-state index in [0.29, 0.717) is 18.1 Å². The van der Waals surface area contributed by atoms with Crippen molar-refractivity contribution >= 4 is 62.3 Å². The molecule has 4 aromatic rings. The van der Waals surface area contributed by atoms with Gasteiger partial charge < -0.3 is 4.74 Å². The minimum absolute atomic E-state index is 0.205. The molecule has 5 rings (SSSR count). The summed E-state index contributed by atoms with van der Waals surface area (Å²) in [5.41, 5.74) is 3.21. The average Bonchev–Trinajstić information content (AvgIpc) is 3.16. The number of ether oxygens (including phenoxy) is 1. The number of hydrogen-bond acceptors (Lipinski definition) is 4. The van der Waals surface area contributed by atoms with Crippen LogP contribution < -0.4 is 4.74 Å². The van der Waals surface area contributed by atoms with E-state index in [1.165, 1.54) is 21.2 Å². The molecule has 1 aliphatic heterocycles. The molecule has 0 bridgehead atoms. The predicted molar refractivity (Wildman–Crippen MR) is 155 cm³/mol. The fraction of sp³-hybridized carbons (Fsp3) is 0.133. The lowest BCUT2D eigenvalue weighted by atomic mass is 10.1. The molecule has 4 aromatic carbocycles. The summed E-state index contributed by atoms with van der Waals surface area (Å²) in [4.78, 5) is 27.1. The summed E-state index contributed by atoms with van der Waals surface area (Å²) < 4.78 is 7.08. The lowest BCUT2D eigenvalue weighted by molar-refractivity contribution is -0.122. The highest BCUT2D eigenvalue weighted by Crippen LogP contribution is 2.33. The van der Waals surface area contributed by atoms with Crippen LogP contribution in [0, 0.1) is 3.57 Å². The number of rotatable bonds is 8. The van der Waals surface area contributed by atoms with E-state index >= 15 is 0 Å². The fourth-order valence-electron chi connectivity index (χ4n) is 4.23. The van der Waals surface area contributed by atoms with Crippen LogP contribution in [0.15, 0.2) is 95.9 Å². The van der Waals surface area contributed by atoms with Crippen LogP contribution in [0.4, 0.5) is 4.79 Å². The van der Waals surface area contributed by atoms with E-state index < -0.39 is 0 Å². The van der Waals surface area contributed by atoms with Crippen LogP contribution in [0.1, 0.15) is 23.1 Å². The van der Waals surface area contributed by atoms with Gasteiger partial charge in [0.1, 0.15) is 12.4 Å². The van der Waals surface area contributed by atoms with Crippen LogP contribution in [-0.2, 0) is 17.8 Å². The number of aryl methyl sites for hydroxylation is 1. The first-order valence-corrected chi connectivity index (χ1v) is 13.7. The second kappa shape index (κ2) is 11.3. The molecule has 180 valence electrons. The number of nitrogens with zero attached hydrogens (tertiary/aromatic N) is 1. The zero-order chi connectivity index (χ0) is 24.9. The fourth-order valence-corrected chi connectivity index (χ4v) is 5.79. The summed E-state index contributed by atoms with van der Waals surface area (Å²) in [6, 6.07) is 30.4. The Labute approximate surface area is 228 Å². The molecule has 1 heterocycles. The highest BCUT2D eigenvalue weighted by molar-refractivity contribution is 14.1. The van der Waals surface area contributed by atoms with E-state index in [2.05, 4.69) is 59.0 Å². The second-order valence-corrected chi connectivity index (χ2v) is 10.7. The smallest absolute Gasteiger partial charge is 0.293 e. The third kappa shape index (κ3) is 5.65. The largest absolute Gasteiger partial charge is 0.488 e. The van der Waals surface area contributed by atoms with Crippen molar-refractivity contribution in [1.29, 1.82) is 0 Å². The molecule has 0 atom stereocenters. The Balaban J connectivity index is 1.23. The van der Waals surface area contributed by atoms with E-state index in [9.17, 15) is 9.59 Å². The molecule has 1 fully saturated rings. The molecule has 6 heteroatoms. The highest BCUT2D eigenvalue weighted by Gasteiger charge is 2.34. The Morgan fingerprint density at radius 3 is 2.50 bits per heavy atom. The second-order valence-electron chi connectivity index (χ2n) is 8.54. The van der Waals surface area contributed by atoms with Gasteiger partial charge in [0.2, 0.25) is 0 Å². The Morgan fingerprint density at radius 2 is 1.67 bits per heavy atom. The van der Waals surface area contributed by atoms with E-state index in [0.717, 1.165) is 45.1 Å². The molecule has 36 heavy (non-hydrogen) atoms. The van der Waals surface area contributed by atoms with E-state index in [-0.39, 0.29) is 11.1 Å². The molecule has 0 aliphatic carbocycles. The van der Waals surface area contributed by atoms with Crippen molar-refractivity contribution in [3.05, 3.63) is 116 Å². The lowest BCUT2D eigenvalue weighted by Crippen LogP contribution is -2.29. The topological polar surface area (TPSA) is 46.6 Å². The van der Waals surface area contributed by atoms with Gasteiger partial charge in [0.15, 0.2) is 0 Å². The van der Waals surface area contributed by atoms with Gasteiger partial charge in [-0.3, -0.25) is 14.5 Å². The first-order valence-electron chi connectivity index (χ1n) is 11.8. The molecule has 1 aliphatic rings. The van der Waals surface area contributed by atoms with Gasteiger partial charge in [-0.25, -0.2) is 0 Å². The van der Waals surface area contributed by atoms with Gasteiger partial charge in [0, 0.05) is 6.54 Å². The monoisotopic (exact) mass is 605 g/mol. The number of thioether (sulfide) groups is 1. The predicted octanol–water partition coefficient (Wildman–Crippen LogP) is 7.69. The Kier molecular flexibility index (Phi) is 7.72. The van der Waals surface area contributed by atoms with Crippen molar-refractivity contribution in [2.45, 2.75) is 19.4 Å². The Bertz CT molecular complexity index is 1450. The molecule has 4 nitrogen and oxygen atoms in total. The minimum Gasteiger partial charge on any atom is -0.488 e. The zero-order valence-corrected chi connectivity index (χ0v) is 22.5. The average molecular weight is 605 g/mol. The van der Waals surface area contributed by atoms with Crippen molar-refractivity contribution in [2.24, 2.45) is 0 Å². The maximum Gasteiger partial charge on any atom is 0.293 e. The maximum atomic E-state index is 12.9. The van der Waals surface area contributed by atoms with Gasteiger partial charge >= 0.3 is 0 Å². The Morgan fingerprint density at radius 1 is 0.889 bits per heavy atom. The number of fused-ring (bicyclic) bond motifs is 1. The number of amides is 2. The molecule has 0 saturated carbocycles. The van der Waals surface area contributed by atoms with Gasteiger partial charge in [-0.15, -0.1) is 0 Å². The molecule has 0 radical (unpaired) electrons. The van der Waals surface area contributed by atoms with Crippen molar-refractivity contribution in [3.63, 3.8) is 0 Å². The molecule has 1 saturated heterocycles. The molecule has 0 aromatic heterocycles. The van der Waals surface area contributed by atoms with Crippen molar-refractivity contribution in [2.75, 3.05) is 6.54 Å². The summed E-state index contributed by atoms with van der Waals surface area (Å²) in [5, 5.41) is 2.17. The summed E-state index contributed by atoms with van der Waals surface area (Å²) in [6.45, 7) is 0.897. The van der Waals surface area contributed by atoms with Crippen LogP contribution in [0.25, 0.3) is 16.8 Å². The number of imide groups is 1. The SMILES string of the molecule is O=C1S/C(=C/c2ccc(OCc3cccc4ccccc34)c(I)c2)C(=O)N1CCCc1ccccc1. The van der Waals surface area contributed by atoms with Crippen LogP contribution in [0.3, 0.4) is 0 Å². The van der Waals surface area contributed by atoms with Gasteiger partial charge in [-0.05, 0) is 92.9 Å². The van der Waals surface area contributed by atoms with Gasteiger partial charge in [-0.1, -0.05) is 78.9 Å². The standard InChI is InChI=1S/C30H24INO3S/c31-26-18-22(15-16-27(26)35-20-24-13-6-12-23-11-4-5-14-25(23)24)19-28-29(33)32(30(34)36-28)17-7-10-21-8-2-1-3-9-21/h1-6,8-9,11-16,18-19H,7,10,17,20H2/b28-19+. The minimum atomic E-state index is -0.218. The van der Waals surface area contributed by atoms with Crippen LogP contribution in [-0.4, -0.2) is 22.6 Å². The molecule has 0 unspecified atom stereocenters. The molecule has 0 N–H and O–H groups in total. The molecular weight excluding hydrogens is 581 g/mol. The number of hydrogen-bond donors (Lipinski definition) is 0. The molecular formula is C30H24INO3S. The number of halogens is 1. The summed E-state index contributed by atoms with van der Waals surface area (Å²) in [5.74, 6) is 0.569. The van der Waals surface area contributed by atoms with Gasteiger partial charge in [0.05, 0.1) is 8.48 Å². The number of carbonyl (C=O) groups is 2. The van der Waals surface area contributed by atoms with E-state index in [1.54, 1.807) is 6.08 Å². The first kappa shape index (κ1) is 24.6. The first-order chi connectivity index (χ1) is 17.6. The normalized spacial score (nSPS) is 14.7. The van der Waals surface area contributed by atoms with Crippen molar-refractivity contribution in [3.8, 4) is 5.75 Å². The van der Waals surface area contributed by atoms with Crippen molar-refractivity contribution in [1.82, 2.24) is 4.90 Å². The van der Waals surface area contributed by atoms with Crippen LogP contribution in [0.2, 0.25) is 0 Å². The lowest BCUT2D eigenvalue weighted by Gasteiger charge is -2.12. The molecule has 0 spiro atoms. The maximum absolute atomic E-state index is 12.9. The van der Waals surface area contributed by atoms with Crippen molar-refractivity contribution < 1.29 is 14.3 Å². The summed E-state index contributed by atoms with van der Waals surface area (Å²) in [6.07, 6.45) is 3.37. The zero-order valence-electron chi connectivity index (χ0n) is 19.5. The third-order valence-corrected chi connectivity index (χ3v) is 7.83. The van der Waals surface area contributed by atoms with E-state index in [4.69, 9.17) is 4.74 Å². The van der Waals surface area contributed by atoms with Crippen LogP contribution in [0.5, 0.6) is 5.75 Å². The highest BCUT2D eigenvalue weighted by atomic mass is 127. The Hall–Kier alpha value is -3.10. The van der Waals surface area contributed by atoms with Crippen LogP contribution >= 0.6 is 34.4 Å². The number of benzene rings is 4. The third-order valence-electron chi connectivity index (χ3n) is 6.08. The summed E-state index contributed by atoms with van der Waals surface area (Å²) >= 11 is 3.25. The summed E-state index contributed by atoms with van der Waals surface area (Å²) in [7, 11) is 0. The van der Waals surface area contributed by atoms with Gasteiger partial charge in [0.25, 0.3) is 11.1 Å². The number of carbonyl (C=O) groups excluding carboxylic acids is 2. The quantitative estimate of drug-likeness (QED) is 0.153. The van der Waals surface area contributed by atoms with Gasteiger partial charge in [-0.2, -0.15) is 0 Å². The van der Waals surface area contributed by atoms with E-state index in [1.807, 2.05) is 54.6 Å².